The summed E-state index contributed by atoms with van der Waals surface area (Å²) in [5.74, 6) is 0. The SMILES string of the molecule is CC(C)(N)c1ccc2c(Br)cccc2c1. The zero-order valence-electron chi connectivity index (χ0n) is 8.92. The molecule has 0 atom stereocenters. The van der Waals surface area contributed by atoms with Crippen LogP contribution in [0.4, 0.5) is 0 Å². The van der Waals surface area contributed by atoms with Gasteiger partial charge in [0, 0.05) is 10.0 Å². The summed E-state index contributed by atoms with van der Waals surface area (Å²) >= 11 is 3.54. The van der Waals surface area contributed by atoms with Gasteiger partial charge in [0.2, 0.25) is 0 Å². The van der Waals surface area contributed by atoms with E-state index in [9.17, 15) is 0 Å². The van der Waals surface area contributed by atoms with E-state index in [0.29, 0.717) is 0 Å². The monoisotopic (exact) mass is 263 g/mol. The summed E-state index contributed by atoms with van der Waals surface area (Å²) in [6.45, 7) is 4.04. The highest BCUT2D eigenvalue weighted by Crippen LogP contribution is 2.27. The van der Waals surface area contributed by atoms with Gasteiger partial charge in [0.05, 0.1) is 0 Å². The van der Waals surface area contributed by atoms with Crippen LogP contribution in [0.1, 0.15) is 19.4 Å². The second kappa shape index (κ2) is 3.62. The Balaban J connectivity index is 2.68. The molecule has 0 saturated carbocycles. The van der Waals surface area contributed by atoms with E-state index in [1.54, 1.807) is 0 Å². The van der Waals surface area contributed by atoms with Crippen molar-refractivity contribution in [2.75, 3.05) is 0 Å². The Morgan fingerprint density at radius 3 is 2.53 bits per heavy atom. The molecule has 0 aliphatic heterocycles. The first kappa shape index (κ1) is 10.7. The number of nitrogens with two attached hydrogens (primary N) is 1. The van der Waals surface area contributed by atoms with Crippen molar-refractivity contribution in [1.29, 1.82) is 0 Å². The molecule has 0 fully saturated rings. The molecular weight excluding hydrogens is 250 g/mol. The van der Waals surface area contributed by atoms with Crippen LogP contribution in [0.15, 0.2) is 40.9 Å². The number of halogens is 1. The summed E-state index contributed by atoms with van der Waals surface area (Å²) in [4.78, 5) is 0. The molecule has 2 heteroatoms. The fourth-order valence-electron chi connectivity index (χ4n) is 1.64. The van der Waals surface area contributed by atoms with E-state index in [-0.39, 0.29) is 5.54 Å². The van der Waals surface area contributed by atoms with Crippen molar-refractivity contribution in [2.24, 2.45) is 5.73 Å². The van der Waals surface area contributed by atoms with Crippen LogP contribution in [-0.2, 0) is 5.54 Å². The van der Waals surface area contributed by atoms with Gasteiger partial charge in [0.25, 0.3) is 0 Å². The second-order valence-electron chi connectivity index (χ2n) is 4.40. The van der Waals surface area contributed by atoms with Crippen LogP contribution in [0.25, 0.3) is 10.8 Å². The molecule has 0 saturated heterocycles. The molecule has 0 aliphatic rings. The summed E-state index contributed by atoms with van der Waals surface area (Å²) in [7, 11) is 0. The maximum atomic E-state index is 6.07. The normalized spacial score (nSPS) is 12.0. The van der Waals surface area contributed by atoms with Crippen LogP contribution < -0.4 is 5.73 Å². The van der Waals surface area contributed by atoms with Crippen molar-refractivity contribution in [3.63, 3.8) is 0 Å². The zero-order chi connectivity index (χ0) is 11.1. The predicted octanol–water partition coefficient (Wildman–Crippen LogP) is 3.80. The fourth-order valence-corrected chi connectivity index (χ4v) is 2.16. The number of hydrogen-bond acceptors (Lipinski definition) is 1. The average molecular weight is 264 g/mol. The van der Waals surface area contributed by atoms with E-state index in [1.165, 1.54) is 10.8 Å². The molecule has 0 aliphatic carbocycles. The van der Waals surface area contributed by atoms with Gasteiger partial charge in [0.1, 0.15) is 0 Å². The van der Waals surface area contributed by atoms with Gasteiger partial charge < -0.3 is 5.73 Å². The lowest BCUT2D eigenvalue weighted by Crippen LogP contribution is -2.28. The van der Waals surface area contributed by atoms with Gasteiger partial charge in [-0.05, 0) is 42.3 Å². The zero-order valence-corrected chi connectivity index (χ0v) is 10.5. The molecule has 0 heterocycles. The van der Waals surface area contributed by atoms with Crippen molar-refractivity contribution in [1.82, 2.24) is 0 Å². The molecule has 0 unspecified atom stereocenters. The molecule has 0 bridgehead atoms. The molecule has 2 aromatic rings. The number of fused-ring (bicyclic) bond motifs is 1. The summed E-state index contributed by atoms with van der Waals surface area (Å²) < 4.78 is 1.13. The number of rotatable bonds is 1. The van der Waals surface area contributed by atoms with Crippen LogP contribution >= 0.6 is 15.9 Å². The second-order valence-corrected chi connectivity index (χ2v) is 5.25. The molecule has 0 amide bonds. The first-order valence-corrected chi connectivity index (χ1v) is 5.75. The Hall–Kier alpha value is -0.860. The minimum absolute atomic E-state index is 0.281. The molecule has 2 rings (SSSR count). The molecule has 0 radical (unpaired) electrons. The van der Waals surface area contributed by atoms with E-state index in [1.807, 2.05) is 19.9 Å². The molecule has 0 spiro atoms. The Morgan fingerprint density at radius 2 is 1.87 bits per heavy atom. The maximum Gasteiger partial charge on any atom is 0.0352 e. The topological polar surface area (TPSA) is 26.0 Å². The number of benzene rings is 2. The average Bonchev–Trinajstić information content (AvgIpc) is 2.16. The van der Waals surface area contributed by atoms with Gasteiger partial charge in [-0.25, -0.2) is 0 Å². The third-order valence-electron chi connectivity index (χ3n) is 2.57. The van der Waals surface area contributed by atoms with Gasteiger partial charge in [-0.3, -0.25) is 0 Å². The molecule has 15 heavy (non-hydrogen) atoms. The molecule has 2 aromatic carbocycles. The molecule has 0 aromatic heterocycles. The fraction of sp³-hybridized carbons (Fsp3) is 0.231. The third-order valence-corrected chi connectivity index (χ3v) is 3.26. The minimum atomic E-state index is -0.281. The summed E-state index contributed by atoms with van der Waals surface area (Å²) in [5, 5.41) is 2.45. The van der Waals surface area contributed by atoms with Crippen LogP contribution in [-0.4, -0.2) is 0 Å². The Labute approximate surface area is 98.4 Å². The largest absolute Gasteiger partial charge is 0.322 e. The maximum absolute atomic E-state index is 6.07. The summed E-state index contributed by atoms with van der Waals surface area (Å²) in [6.07, 6.45) is 0. The molecular formula is C13H14BrN. The smallest absolute Gasteiger partial charge is 0.0352 e. The standard InChI is InChI=1S/C13H14BrN/c1-13(2,15)10-6-7-11-9(8-10)4-3-5-12(11)14/h3-8H,15H2,1-2H3. The lowest BCUT2D eigenvalue weighted by Gasteiger charge is -2.19. The molecule has 2 N–H and O–H groups in total. The minimum Gasteiger partial charge on any atom is -0.322 e. The van der Waals surface area contributed by atoms with Crippen molar-refractivity contribution < 1.29 is 0 Å². The quantitative estimate of drug-likeness (QED) is 0.833. The van der Waals surface area contributed by atoms with Gasteiger partial charge in [-0.15, -0.1) is 0 Å². The van der Waals surface area contributed by atoms with Crippen LogP contribution in [0.2, 0.25) is 0 Å². The van der Waals surface area contributed by atoms with Gasteiger partial charge >= 0.3 is 0 Å². The van der Waals surface area contributed by atoms with Crippen LogP contribution in [0.3, 0.4) is 0 Å². The third kappa shape index (κ3) is 2.06. The lowest BCUT2D eigenvalue weighted by molar-refractivity contribution is 0.555. The first-order valence-electron chi connectivity index (χ1n) is 4.96. The van der Waals surface area contributed by atoms with E-state index < -0.39 is 0 Å². The highest BCUT2D eigenvalue weighted by molar-refractivity contribution is 9.10. The first-order chi connectivity index (χ1) is 6.98. The Bertz CT molecular complexity index is 497. The number of hydrogen-bond donors (Lipinski definition) is 1. The van der Waals surface area contributed by atoms with E-state index in [0.717, 1.165) is 10.0 Å². The van der Waals surface area contributed by atoms with Gasteiger partial charge in [-0.2, -0.15) is 0 Å². The van der Waals surface area contributed by atoms with Gasteiger partial charge in [-0.1, -0.05) is 40.2 Å². The Morgan fingerprint density at radius 1 is 1.13 bits per heavy atom. The summed E-state index contributed by atoms with van der Waals surface area (Å²) in [6, 6.07) is 12.6. The van der Waals surface area contributed by atoms with Crippen molar-refractivity contribution >= 4 is 26.7 Å². The highest BCUT2D eigenvalue weighted by Gasteiger charge is 2.14. The van der Waals surface area contributed by atoms with Crippen LogP contribution in [0, 0.1) is 0 Å². The van der Waals surface area contributed by atoms with E-state index in [2.05, 4.69) is 46.3 Å². The van der Waals surface area contributed by atoms with E-state index in [4.69, 9.17) is 5.73 Å². The summed E-state index contributed by atoms with van der Waals surface area (Å²) in [5.41, 5.74) is 6.95. The molecule has 78 valence electrons. The van der Waals surface area contributed by atoms with E-state index >= 15 is 0 Å². The Kier molecular flexibility index (Phi) is 2.57. The van der Waals surface area contributed by atoms with Crippen molar-refractivity contribution in [3.8, 4) is 0 Å². The predicted molar refractivity (Wildman–Crippen MR) is 68.9 cm³/mol. The van der Waals surface area contributed by atoms with Crippen molar-refractivity contribution in [2.45, 2.75) is 19.4 Å². The highest BCUT2D eigenvalue weighted by atomic mass is 79.9. The van der Waals surface area contributed by atoms with Crippen LogP contribution in [0.5, 0.6) is 0 Å². The molecule has 1 nitrogen and oxygen atoms in total. The lowest BCUT2D eigenvalue weighted by atomic mass is 9.93. The van der Waals surface area contributed by atoms with Gasteiger partial charge in [0.15, 0.2) is 0 Å². The van der Waals surface area contributed by atoms with Crippen molar-refractivity contribution in [3.05, 3.63) is 46.4 Å².